The third-order valence-electron chi connectivity index (χ3n) is 4.30. The monoisotopic (exact) mass is 340 g/mol. The van der Waals surface area contributed by atoms with Gasteiger partial charge in [-0.05, 0) is 37.2 Å². The van der Waals surface area contributed by atoms with Crippen LogP contribution in [0.15, 0.2) is 60.7 Å². The Morgan fingerprint density at radius 2 is 1.46 bits per heavy atom. The number of rotatable bonds is 5. The summed E-state index contributed by atoms with van der Waals surface area (Å²) in [6.45, 7) is 6.94. The van der Waals surface area contributed by atoms with Crippen LogP contribution in [0.4, 0.5) is 0 Å². The molecule has 0 N–H and O–H groups in total. The first-order valence-corrected chi connectivity index (χ1v) is 11.8. The van der Waals surface area contributed by atoms with Crippen molar-refractivity contribution in [3.8, 4) is 0 Å². The van der Waals surface area contributed by atoms with Crippen LogP contribution in [0.5, 0.6) is 0 Å². The molecule has 0 aliphatic carbocycles. The van der Waals surface area contributed by atoms with E-state index in [4.69, 9.17) is 9.16 Å². The second kappa shape index (κ2) is 6.53. The molecule has 1 unspecified atom stereocenters. The summed E-state index contributed by atoms with van der Waals surface area (Å²) in [7, 11) is -1.96. The number of cyclic esters (lactones) is 1. The van der Waals surface area contributed by atoms with Crippen molar-refractivity contribution in [1.29, 1.82) is 0 Å². The number of benzene rings is 2. The molecule has 0 spiro atoms. The molecule has 3 rings (SSSR count). The normalized spacial score (nSPS) is 18.5. The number of hydrogen-bond acceptors (Lipinski definition) is 3. The van der Waals surface area contributed by atoms with Crippen molar-refractivity contribution in [3.05, 3.63) is 71.8 Å². The molecule has 1 heterocycles. The summed E-state index contributed by atoms with van der Waals surface area (Å²) in [5.74, 6) is -0.491. The maximum Gasteiger partial charge on any atom is 0.312 e. The maximum atomic E-state index is 12.6. The van der Waals surface area contributed by atoms with Crippen LogP contribution in [0, 0.1) is 5.92 Å². The minimum Gasteiger partial charge on any atom is -0.465 e. The predicted molar refractivity (Wildman–Crippen MR) is 97.2 cm³/mol. The molecule has 0 bridgehead atoms. The Labute approximate surface area is 144 Å². The average molecular weight is 340 g/mol. The second-order valence-corrected chi connectivity index (χ2v) is 11.6. The summed E-state index contributed by atoms with van der Waals surface area (Å²) in [6.07, 6.45) is 0.674. The van der Waals surface area contributed by atoms with Gasteiger partial charge >= 0.3 is 5.97 Å². The smallest absolute Gasteiger partial charge is 0.312 e. The lowest BCUT2D eigenvalue weighted by atomic mass is 9.75. The van der Waals surface area contributed by atoms with Gasteiger partial charge in [0.15, 0.2) is 8.32 Å². The first kappa shape index (κ1) is 16.9. The molecule has 126 valence electrons. The van der Waals surface area contributed by atoms with Crippen LogP contribution < -0.4 is 0 Å². The minimum absolute atomic E-state index is 0.166. The van der Waals surface area contributed by atoms with Gasteiger partial charge in [-0.2, -0.15) is 0 Å². The van der Waals surface area contributed by atoms with Gasteiger partial charge in [-0.3, -0.25) is 4.79 Å². The van der Waals surface area contributed by atoms with E-state index in [2.05, 4.69) is 43.9 Å². The first-order chi connectivity index (χ1) is 11.4. The van der Waals surface area contributed by atoms with Gasteiger partial charge in [0.2, 0.25) is 0 Å². The quantitative estimate of drug-likeness (QED) is 0.600. The molecule has 1 aliphatic heterocycles. The zero-order valence-corrected chi connectivity index (χ0v) is 15.5. The van der Waals surface area contributed by atoms with Gasteiger partial charge in [-0.1, -0.05) is 60.7 Å². The lowest BCUT2D eigenvalue weighted by Crippen LogP contribution is -2.48. The van der Waals surface area contributed by atoms with Crippen molar-refractivity contribution < 1.29 is 14.0 Å². The molecule has 1 aliphatic rings. The Kier molecular flexibility index (Phi) is 4.61. The van der Waals surface area contributed by atoms with Crippen LogP contribution >= 0.6 is 0 Å². The van der Waals surface area contributed by atoms with Crippen LogP contribution in [0.2, 0.25) is 19.6 Å². The second-order valence-electron chi connectivity index (χ2n) is 7.19. The van der Waals surface area contributed by atoms with E-state index in [1.807, 2.05) is 36.4 Å². The molecule has 2 aromatic rings. The minimum atomic E-state index is -1.96. The molecular weight excluding hydrogens is 316 g/mol. The van der Waals surface area contributed by atoms with Crippen molar-refractivity contribution >= 4 is 14.3 Å². The van der Waals surface area contributed by atoms with Crippen LogP contribution in [0.25, 0.3) is 0 Å². The molecular formula is C20H24O3Si. The Morgan fingerprint density at radius 1 is 0.958 bits per heavy atom. The van der Waals surface area contributed by atoms with Crippen molar-refractivity contribution in [2.24, 2.45) is 5.92 Å². The molecule has 0 saturated carbocycles. The van der Waals surface area contributed by atoms with E-state index in [0.29, 0.717) is 13.0 Å². The molecule has 0 aromatic heterocycles. The lowest BCUT2D eigenvalue weighted by Gasteiger charge is -2.43. The van der Waals surface area contributed by atoms with Gasteiger partial charge in [0, 0.05) is 0 Å². The fourth-order valence-corrected chi connectivity index (χ4v) is 4.82. The number of carbonyl (C=O) groups excluding carboxylic acids is 1. The number of hydrogen-bond donors (Lipinski definition) is 0. The Bertz CT molecular complexity index is 652. The summed E-state index contributed by atoms with van der Waals surface area (Å²) in [4.78, 5) is 12.6. The van der Waals surface area contributed by atoms with Crippen LogP contribution in [-0.4, -0.2) is 20.9 Å². The SMILES string of the molecule is C[Si](C)(C)OC(c1ccccc1)(c1ccccc1)C1CCOC1=O. The van der Waals surface area contributed by atoms with Gasteiger partial charge in [0.1, 0.15) is 5.60 Å². The zero-order chi connectivity index (χ0) is 17.2. The van der Waals surface area contributed by atoms with Crippen molar-refractivity contribution in [3.63, 3.8) is 0 Å². The zero-order valence-electron chi connectivity index (χ0n) is 14.5. The largest absolute Gasteiger partial charge is 0.465 e. The fourth-order valence-electron chi connectivity index (χ4n) is 3.48. The lowest BCUT2D eigenvalue weighted by molar-refractivity contribution is -0.146. The molecule has 2 aromatic carbocycles. The van der Waals surface area contributed by atoms with Crippen molar-refractivity contribution in [2.45, 2.75) is 31.7 Å². The molecule has 1 saturated heterocycles. The summed E-state index contributed by atoms with van der Waals surface area (Å²) >= 11 is 0. The van der Waals surface area contributed by atoms with E-state index < -0.39 is 13.9 Å². The van der Waals surface area contributed by atoms with Crippen molar-refractivity contribution in [2.75, 3.05) is 6.61 Å². The highest BCUT2D eigenvalue weighted by Gasteiger charge is 2.51. The van der Waals surface area contributed by atoms with Gasteiger partial charge < -0.3 is 9.16 Å². The van der Waals surface area contributed by atoms with Crippen LogP contribution in [-0.2, 0) is 19.6 Å². The average Bonchev–Trinajstić information content (AvgIpc) is 3.00. The Hall–Kier alpha value is -1.91. The highest BCUT2D eigenvalue weighted by Crippen LogP contribution is 2.46. The predicted octanol–water partition coefficient (Wildman–Crippen LogP) is 4.34. The van der Waals surface area contributed by atoms with E-state index in [9.17, 15) is 4.79 Å². The number of ether oxygens (including phenoxy) is 1. The summed E-state index contributed by atoms with van der Waals surface area (Å²) in [5, 5.41) is 0. The summed E-state index contributed by atoms with van der Waals surface area (Å²) < 4.78 is 12.1. The first-order valence-electron chi connectivity index (χ1n) is 8.41. The van der Waals surface area contributed by atoms with Crippen LogP contribution in [0.3, 0.4) is 0 Å². The Morgan fingerprint density at radius 3 is 1.83 bits per heavy atom. The highest BCUT2D eigenvalue weighted by molar-refractivity contribution is 6.69. The maximum absolute atomic E-state index is 12.6. The molecule has 24 heavy (non-hydrogen) atoms. The van der Waals surface area contributed by atoms with E-state index in [1.54, 1.807) is 0 Å². The van der Waals surface area contributed by atoms with Crippen molar-refractivity contribution in [1.82, 2.24) is 0 Å². The van der Waals surface area contributed by atoms with Gasteiger partial charge in [0.05, 0.1) is 12.5 Å². The molecule has 4 heteroatoms. The van der Waals surface area contributed by atoms with Gasteiger partial charge in [0.25, 0.3) is 0 Å². The standard InChI is InChI=1S/C20H24O3Si/c1-24(2,3)23-20(16-10-6-4-7-11-16,17-12-8-5-9-13-17)18-14-15-22-19(18)21/h4-13,18H,14-15H2,1-3H3. The third kappa shape index (κ3) is 3.16. The highest BCUT2D eigenvalue weighted by atomic mass is 28.4. The number of esters is 1. The van der Waals surface area contributed by atoms with E-state index in [-0.39, 0.29) is 11.9 Å². The molecule has 3 nitrogen and oxygen atoms in total. The van der Waals surface area contributed by atoms with E-state index >= 15 is 0 Å². The van der Waals surface area contributed by atoms with E-state index in [0.717, 1.165) is 11.1 Å². The Balaban J connectivity index is 2.25. The molecule has 0 amide bonds. The third-order valence-corrected chi connectivity index (χ3v) is 5.23. The molecule has 1 atom stereocenters. The molecule has 1 fully saturated rings. The fraction of sp³-hybridized carbons (Fsp3) is 0.350. The van der Waals surface area contributed by atoms with E-state index in [1.165, 1.54) is 0 Å². The van der Waals surface area contributed by atoms with Gasteiger partial charge in [-0.25, -0.2) is 0 Å². The molecule has 0 radical (unpaired) electrons. The number of carbonyl (C=O) groups is 1. The van der Waals surface area contributed by atoms with Gasteiger partial charge in [-0.15, -0.1) is 0 Å². The topological polar surface area (TPSA) is 35.5 Å². The summed E-state index contributed by atoms with van der Waals surface area (Å²) in [6, 6.07) is 20.2. The van der Waals surface area contributed by atoms with Crippen LogP contribution in [0.1, 0.15) is 17.5 Å². The summed E-state index contributed by atoms with van der Waals surface area (Å²) in [5.41, 5.74) is 1.24.